The fraction of sp³-hybridized carbons (Fsp3) is 0.0526. The molecule has 0 saturated carbocycles. The monoisotopic (exact) mass is 417 g/mol. The summed E-state index contributed by atoms with van der Waals surface area (Å²) in [6, 6.07) is 12.8. The quantitative estimate of drug-likeness (QED) is 0.511. The van der Waals surface area contributed by atoms with Gasteiger partial charge in [0.15, 0.2) is 5.70 Å². The van der Waals surface area contributed by atoms with Gasteiger partial charge in [0, 0.05) is 21.1 Å². The van der Waals surface area contributed by atoms with Crippen LogP contribution in [0.2, 0.25) is 5.02 Å². The minimum atomic E-state index is -0.502. The number of methoxy groups -OCH3 is 1. The van der Waals surface area contributed by atoms with Crippen molar-refractivity contribution in [1.82, 2.24) is 0 Å². The van der Waals surface area contributed by atoms with Crippen LogP contribution in [0.3, 0.4) is 0 Å². The van der Waals surface area contributed by atoms with E-state index in [0.717, 1.165) is 15.6 Å². The number of aliphatic imine (C=N–C) groups is 1. The summed E-state index contributed by atoms with van der Waals surface area (Å²) >= 11 is 9.25. The predicted molar refractivity (Wildman–Crippen MR) is 103 cm³/mol. The van der Waals surface area contributed by atoms with Crippen LogP contribution in [0.5, 0.6) is 5.75 Å². The Hall–Kier alpha value is -2.37. The number of cyclic esters (lactones) is 1. The summed E-state index contributed by atoms with van der Waals surface area (Å²) in [6.45, 7) is 0. The second-order valence-electron chi connectivity index (χ2n) is 5.14. The molecule has 1 aliphatic rings. The Morgan fingerprint density at radius 1 is 1.16 bits per heavy atom. The van der Waals surface area contributed by atoms with Crippen molar-refractivity contribution < 1.29 is 14.3 Å². The molecule has 0 spiro atoms. The van der Waals surface area contributed by atoms with E-state index < -0.39 is 5.97 Å². The number of benzene rings is 2. The summed E-state index contributed by atoms with van der Waals surface area (Å²) in [5.41, 5.74) is 1.87. The van der Waals surface area contributed by atoms with Crippen LogP contribution >= 0.6 is 27.5 Å². The van der Waals surface area contributed by atoms with Crippen LogP contribution in [0.25, 0.3) is 12.2 Å². The van der Waals surface area contributed by atoms with Crippen molar-refractivity contribution in [2.75, 3.05) is 7.11 Å². The lowest BCUT2D eigenvalue weighted by Crippen LogP contribution is -2.01. The molecule has 0 unspecified atom stereocenters. The molecule has 0 bridgehead atoms. The van der Waals surface area contributed by atoms with Gasteiger partial charge in [0.25, 0.3) is 0 Å². The molecular formula is C19H13BrClNO3. The molecular weight excluding hydrogens is 406 g/mol. The molecule has 0 aromatic heterocycles. The summed E-state index contributed by atoms with van der Waals surface area (Å²) in [5.74, 6) is 0.377. The van der Waals surface area contributed by atoms with Crippen LogP contribution in [-0.2, 0) is 9.53 Å². The Morgan fingerprint density at radius 3 is 2.64 bits per heavy atom. The van der Waals surface area contributed by atoms with Crippen LogP contribution in [0.1, 0.15) is 11.1 Å². The SMILES string of the molecule is COc1ccc(Br)cc1C=C1N=C(C=Cc2ccc(Cl)cc2)OC1=O. The van der Waals surface area contributed by atoms with Crippen LogP contribution in [0, 0.1) is 0 Å². The van der Waals surface area contributed by atoms with Crippen molar-refractivity contribution in [3.8, 4) is 5.75 Å². The topological polar surface area (TPSA) is 47.9 Å². The highest BCUT2D eigenvalue weighted by Gasteiger charge is 2.21. The normalized spacial score (nSPS) is 15.6. The van der Waals surface area contributed by atoms with Gasteiger partial charge in [0.2, 0.25) is 5.90 Å². The van der Waals surface area contributed by atoms with Gasteiger partial charge in [-0.2, -0.15) is 0 Å². The lowest BCUT2D eigenvalue weighted by Gasteiger charge is -2.04. The van der Waals surface area contributed by atoms with Gasteiger partial charge < -0.3 is 9.47 Å². The fourth-order valence-electron chi connectivity index (χ4n) is 2.20. The molecule has 0 N–H and O–H groups in total. The summed E-state index contributed by atoms with van der Waals surface area (Å²) in [5, 5.41) is 0.662. The molecule has 0 saturated heterocycles. The Morgan fingerprint density at radius 2 is 1.92 bits per heavy atom. The zero-order valence-electron chi connectivity index (χ0n) is 13.2. The van der Waals surface area contributed by atoms with E-state index in [2.05, 4.69) is 20.9 Å². The molecule has 0 amide bonds. The van der Waals surface area contributed by atoms with E-state index in [-0.39, 0.29) is 11.6 Å². The highest BCUT2D eigenvalue weighted by Crippen LogP contribution is 2.27. The smallest absolute Gasteiger partial charge is 0.363 e. The Balaban J connectivity index is 1.85. The van der Waals surface area contributed by atoms with Crippen LogP contribution in [-0.4, -0.2) is 19.0 Å². The van der Waals surface area contributed by atoms with Gasteiger partial charge in [0.05, 0.1) is 7.11 Å². The lowest BCUT2D eigenvalue weighted by atomic mass is 10.1. The van der Waals surface area contributed by atoms with Crippen molar-refractivity contribution in [2.24, 2.45) is 4.99 Å². The number of carbonyl (C=O) groups excluding carboxylic acids is 1. The zero-order chi connectivity index (χ0) is 17.8. The second-order valence-corrected chi connectivity index (χ2v) is 6.49. The number of esters is 1. The molecule has 3 rings (SSSR count). The van der Waals surface area contributed by atoms with Crippen molar-refractivity contribution >= 4 is 51.5 Å². The number of carbonyl (C=O) groups is 1. The molecule has 0 radical (unpaired) electrons. The number of rotatable bonds is 4. The Labute approximate surface area is 158 Å². The van der Waals surface area contributed by atoms with Crippen molar-refractivity contribution in [2.45, 2.75) is 0 Å². The first-order chi connectivity index (χ1) is 12.0. The first-order valence-electron chi connectivity index (χ1n) is 7.35. The summed E-state index contributed by atoms with van der Waals surface area (Å²) in [6.07, 6.45) is 5.07. The molecule has 2 aromatic carbocycles. The maximum atomic E-state index is 12.0. The first-order valence-corrected chi connectivity index (χ1v) is 8.52. The average Bonchev–Trinajstić information content (AvgIpc) is 2.94. The molecule has 1 aliphatic heterocycles. The average molecular weight is 419 g/mol. The molecule has 2 aromatic rings. The first kappa shape index (κ1) is 17.5. The molecule has 126 valence electrons. The van der Waals surface area contributed by atoms with Crippen LogP contribution in [0.15, 0.2) is 63.7 Å². The number of nitrogens with zero attached hydrogens (tertiary/aromatic N) is 1. The summed E-state index contributed by atoms with van der Waals surface area (Å²) in [7, 11) is 1.57. The molecule has 0 aliphatic carbocycles. The number of hydrogen-bond donors (Lipinski definition) is 0. The highest BCUT2D eigenvalue weighted by molar-refractivity contribution is 9.10. The zero-order valence-corrected chi connectivity index (χ0v) is 15.5. The van der Waals surface area contributed by atoms with Gasteiger partial charge in [-0.25, -0.2) is 9.79 Å². The number of hydrogen-bond acceptors (Lipinski definition) is 4. The van der Waals surface area contributed by atoms with Gasteiger partial charge >= 0.3 is 5.97 Å². The van der Waals surface area contributed by atoms with E-state index in [1.807, 2.05) is 30.3 Å². The summed E-state index contributed by atoms with van der Waals surface area (Å²) < 4.78 is 11.3. The predicted octanol–water partition coefficient (Wildman–Crippen LogP) is 5.12. The largest absolute Gasteiger partial charge is 0.496 e. The number of ether oxygens (including phenoxy) is 2. The molecule has 6 heteroatoms. The maximum Gasteiger partial charge on any atom is 0.363 e. The minimum Gasteiger partial charge on any atom is -0.496 e. The van der Waals surface area contributed by atoms with Crippen LogP contribution < -0.4 is 4.74 Å². The van der Waals surface area contributed by atoms with Gasteiger partial charge in [-0.05, 0) is 48.0 Å². The lowest BCUT2D eigenvalue weighted by molar-refractivity contribution is -0.129. The minimum absolute atomic E-state index is 0.215. The third-order valence-electron chi connectivity index (χ3n) is 3.41. The van der Waals surface area contributed by atoms with E-state index in [1.165, 1.54) is 0 Å². The van der Waals surface area contributed by atoms with E-state index >= 15 is 0 Å². The van der Waals surface area contributed by atoms with Gasteiger partial charge in [-0.15, -0.1) is 0 Å². The Bertz CT molecular complexity index is 901. The molecule has 4 nitrogen and oxygen atoms in total. The fourth-order valence-corrected chi connectivity index (χ4v) is 2.71. The van der Waals surface area contributed by atoms with E-state index in [1.54, 1.807) is 37.5 Å². The summed E-state index contributed by atoms with van der Waals surface area (Å²) in [4.78, 5) is 16.2. The third kappa shape index (κ3) is 4.38. The highest BCUT2D eigenvalue weighted by atomic mass is 79.9. The molecule has 0 atom stereocenters. The van der Waals surface area contributed by atoms with E-state index in [0.29, 0.717) is 10.8 Å². The third-order valence-corrected chi connectivity index (χ3v) is 4.15. The number of halogens is 2. The molecule has 0 fully saturated rings. The maximum absolute atomic E-state index is 12.0. The second kappa shape index (κ2) is 7.68. The van der Waals surface area contributed by atoms with Gasteiger partial charge in [-0.1, -0.05) is 39.7 Å². The molecule has 25 heavy (non-hydrogen) atoms. The van der Waals surface area contributed by atoms with Gasteiger partial charge in [0.1, 0.15) is 5.75 Å². The van der Waals surface area contributed by atoms with Crippen molar-refractivity contribution in [1.29, 1.82) is 0 Å². The standard InChI is InChI=1S/C19H13BrClNO3/c1-24-17-8-5-14(20)10-13(17)11-16-19(23)25-18(22-16)9-4-12-2-6-15(21)7-3-12/h2-11H,1H3. The van der Waals surface area contributed by atoms with Gasteiger partial charge in [-0.3, -0.25) is 0 Å². The van der Waals surface area contributed by atoms with Crippen molar-refractivity contribution in [3.63, 3.8) is 0 Å². The van der Waals surface area contributed by atoms with Crippen LogP contribution in [0.4, 0.5) is 0 Å². The molecule has 1 heterocycles. The van der Waals surface area contributed by atoms with Crippen molar-refractivity contribution in [3.05, 3.63) is 74.9 Å². The van der Waals surface area contributed by atoms with E-state index in [4.69, 9.17) is 21.1 Å². The van der Waals surface area contributed by atoms with E-state index in [9.17, 15) is 4.79 Å². The Kier molecular flexibility index (Phi) is 5.36.